The molecule has 0 aliphatic heterocycles. The highest BCUT2D eigenvalue weighted by atomic mass is 16.5. The maximum absolute atomic E-state index is 13.3. The van der Waals surface area contributed by atoms with Crippen LogP contribution in [0.3, 0.4) is 0 Å². The smallest absolute Gasteiger partial charge is 0.252 e. The Morgan fingerprint density at radius 1 is 1.10 bits per heavy atom. The van der Waals surface area contributed by atoms with E-state index in [1.54, 1.807) is 14.2 Å². The van der Waals surface area contributed by atoms with Gasteiger partial charge < -0.3 is 14.5 Å². The molecule has 2 aromatic carbocycles. The molecule has 1 N–H and O–H groups in total. The van der Waals surface area contributed by atoms with Crippen molar-refractivity contribution in [3.63, 3.8) is 0 Å². The highest BCUT2D eigenvalue weighted by Gasteiger charge is 2.29. The van der Waals surface area contributed by atoms with Crippen LogP contribution in [0.1, 0.15) is 73.6 Å². The number of aromatic nitrogens is 5. The minimum absolute atomic E-state index is 0.0339. The average Bonchev–Trinajstić information content (AvgIpc) is 3.65. The predicted octanol–water partition coefficient (Wildman–Crippen LogP) is 5.15. The largest absolute Gasteiger partial charge is 0.493 e. The minimum Gasteiger partial charge on any atom is -0.493 e. The first-order valence-electron chi connectivity index (χ1n) is 13.9. The van der Waals surface area contributed by atoms with Crippen LogP contribution < -0.4 is 15.0 Å². The third kappa shape index (κ3) is 5.68. The number of aryl methyl sites for hydroxylation is 1. The van der Waals surface area contributed by atoms with Crippen molar-refractivity contribution in [3.8, 4) is 11.5 Å². The zero-order chi connectivity index (χ0) is 27.4. The van der Waals surface area contributed by atoms with E-state index in [1.165, 1.54) is 12.8 Å². The van der Waals surface area contributed by atoms with Crippen LogP contribution in [0.4, 0.5) is 0 Å². The molecule has 4 aromatic rings. The quantitative estimate of drug-likeness (QED) is 0.286. The fourth-order valence-corrected chi connectivity index (χ4v) is 5.85. The molecule has 2 heterocycles. The van der Waals surface area contributed by atoms with Crippen molar-refractivity contribution in [1.29, 1.82) is 0 Å². The van der Waals surface area contributed by atoms with E-state index in [0.29, 0.717) is 24.1 Å². The molecule has 0 bridgehead atoms. The van der Waals surface area contributed by atoms with Gasteiger partial charge in [0.15, 0.2) is 17.3 Å². The molecule has 1 fully saturated rings. The first-order chi connectivity index (χ1) is 19.0. The molecule has 0 radical (unpaired) electrons. The molecule has 206 valence electrons. The van der Waals surface area contributed by atoms with Gasteiger partial charge in [-0.15, -0.1) is 5.10 Å². The second kappa shape index (κ2) is 12.0. The lowest BCUT2D eigenvalue weighted by Crippen LogP contribution is -2.34. The highest BCUT2D eigenvalue weighted by molar-refractivity contribution is 5.81. The Labute approximate surface area is 229 Å². The summed E-state index contributed by atoms with van der Waals surface area (Å²) < 4.78 is 13.0. The summed E-state index contributed by atoms with van der Waals surface area (Å²) in [5.41, 5.74) is 3.76. The number of aromatic amines is 1. The Hall–Kier alpha value is -3.72. The van der Waals surface area contributed by atoms with Gasteiger partial charge in [-0.3, -0.25) is 9.69 Å². The Kier molecular flexibility index (Phi) is 8.26. The predicted molar refractivity (Wildman–Crippen MR) is 151 cm³/mol. The summed E-state index contributed by atoms with van der Waals surface area (Å²) in [7, 11) is 3.29. The van der Waals surface area contributed by atoms with Crippen LogP contribution in [-0.2, 0) is 13.0 Å². The molecular weight excluding hydrogens is 492 g/mol. The van der Waals surface area contributed by atoms with E-state index in [4.69, 9.17) is 9.47 Å². The standard InChI is InChI=1S/C30H38N6O3/c1-5-25(29-32-33-34-36(29)24-11-6-7-12-24)35(16-15-21-13-14-26(38-3)27(17-21)39-4)19-23-18-22-10-8-9-20(2)28(22)31-30(23)37/h8-10,13-14,17-18,24-25H,5-7,11-12,15-16,19H2,1-4H3,(H,31,37)/t25-/m1/s1. The van der Waals surface area contributed by atoms with Gasteiger partial charge in [0.05, 0.1) is 31.8 Å². The summed E-state index contributed by atoms with van der Waals surface area (Å²) in [6.07, 6.45) is 6.20. The van der Waals surface area contributed by atoms with E-state index in [2.05, 4.69) is 38.4 Å². The number of nitrogens with zero attached hydrogens (tertiary/aromatic N) is 5. The summed E-state index contributed by atoms with van der Waals surface area (Å²) in [5.74, 6) is 2.29. The van der Waals surface area contributed by atoms with Gasteiger partial charge in [0.25, 0.3) is 5.56 Å². The molecular formula is C30H38N6O3. The molecule has 0 unspecified atom stereocenters. The number of fused-ring (bicyclic) bond motifs is 1. The van der Waals surface area contributed by atoms with E-state index in [9.17, 15) is 4.79 Å². The van der Waals surface area contributed by atoms with Crippen LogP contribution in [0.25, 0.3) is 10.9 Å². The Morgan fingerprint density at radius 3 is 2.64 bits per heavy atom. The Morgan fingerprint density at radius 2 is 1.90 bits per heavy atom. The van der Waals surface area contributed by atoms with Gasteiger partial charge in [-0.25, -0.2) is 4.68 Å². The second-order valence-corrected chi connectivity index (χ2v) is 10.4. The zero-order valence-corrected chi connectivity index (χ0v) is 23.3. The van der Waals surface area contributed by atoms with Crippen molar-refractivity contribution in [3.05, 3.63) is 75.3 Å². The highest BCUT2D eigenvalue weighted by Crippen LogP contribution is 2.33. The van der Waals surface area contributed by atoms with E-state index in [-0.39, 0.29) is 11.6 Å². The number of nitrogens with one attached hydrogen (secondary N) is 1. The van der Waals surface area contributed by atoms with Gasteiger partial charge in [0, 0.05) is 18.7 Å². The van der Waals surface area contributed by atoms with Gasteiger partial charge in [-0.1, -0.05) is 44.0 Å². The molecule has 1 atom stereocenters. The number of H-pyrrole nitrogens is 1. The molecule has 1 aliphatic rings. The summed E-state index contributed by atoms with van der Waals surface area (Å²) in [5, 5.41) is 14.1. The van der Waals surface area contributed by atoms with E-state index < -0.39 is 0 Å². The number of hydrogen-bond donors (Lipinski definition) is 1. The van der Waals surface area contributed by atoms with E-state index in [0.717, 1.165) is 65.6 Å². The summed E-state index contributed by atoms with van der Waals surface area (Å²) >= 11 is 0. The lowest BCUT2D eigenvalue weighted by atomic mass is 10.1. The normalized spacial score (nSPS) is 14.8. The second-order valence-electron chi connectivity index (χ2n) is 10.4. The molecule has 0 amide bonds. The number of tetrazole rings is 1. The average molecular weight is 531 g/mol. The maximum Gasteiger partial charge on any atom is 0.252 e. The van der Waals surface area contributed by atoms with Crippen LogP contribution >= 0.6 is 0 Å². The number of methoxy groups -OCH3 is 2. The summed E-state index contributed by atoms with van der Waals surface area (Å²) in [6, 6.07) is 14.4. The number of pyridine rings is 1. The summed E-state index contributed by atoms with van der Waals surface area (Å²) in [4.78, 5) is 18.7. The third-order valence-electron chi connectivity index (χ3n) is 7.99. The van der Waals surface area contributed by atoms with Crippen molar-refractivity contribution in [1.82, 2.24) is 30.1 Å². The maximum atomic E-state index is 13.3. The van der Waals surface area contributed by atoms with E-state index >= 15 is 0 Å². The molecule has 9 heteroatoms. The van der Waals surface area contributed by atoms with Crippen LogP contribution in [0.2, 0.25) is 0 Å². The zero-order valence-electron chi connectivity index (χ0n) is 23.3. The lowest BCUT2D eigenvalue weighted by molar-refractivity contribution is 0.169. The van der Waals surface area contributed by atoms with Crippen LogP contribution in [0.5, 0.6) is 11.5 Å². The van der Waals surface area contributed by atoms with Gasteiger partial charge in [0.1, 0.15) is 0 Å². The molecule has 1 saturated carbocycles. The monoisotopic (exact) mass is 530 g/mol. The van der Waals surface area contributed by atoms with Gasteiger partial charge >= 0.3 is 0 Å². The molecule has 5 rings (SSSR count). The molecule has 2 aromatic heterocycles. The minimum atomic E-state index is -0.0573. The topological polar surface area (TPSA) is 98.2 Å². The molecule has 39 heavy (non-hydrogen) atoms. The van der Waals surface area contributed by atoms with Gasteiger partial charge in [-0.05, 0) is 77.7 Å². The Balaban J connectivity index is 1.49. The molecule has 1 aliphatic carbocycles. The van der Waals surface area contributed by atoms with Crippen molar-refractivity contribution < 1.29 is 9.47 Å². The third-order valence-corrected chi connectivity index (χ3v) is 7.99. The summed E-state index contributed by atoms with van der Waals surface area (Å²) in [6.45, 7) is 5.39. The number of benzene rings is 2. The van der Waals surface area contributed by atoms with E-state index in [1.807, 2.05) is 48.0 Å². The SMILES string of the molecule is CC[C@H](c1nnnn1C1CCCC1)N(CCc1ccc(OC)c(OC)c1)Cc1cc2cccc(C)c2[nH]c1=O. The Bertz CT molecular complexity index is 1470. The number of ether oxygens (including phenoxy) is 2. The fourth-order valence-electron chi connectivity index (χ4n) is 5.85. The van der Waals surface area contributed by atoms with Gasteiger partial charge in [0.2, 0.25) is 0 Å². The lowest BCUT2D eigenvalue weighted by Gasteiger charge is -2.31. The number of hydrogen-bond acceptors (Lipinski definition) is 7. The fraction of sp³-hybridized carbons (Fsp3) is 0.467. The van der Waals surface area contributed by atoms with Crippen molar-refractivity contribution in [2.45, 2.75) is 71.0 Å². The van der Waals surface area contributed by atoms with Crippen LogP contribution in [0, 0.1) is 6.92 Å². The first-order valence-corrected chi connectivity index (χ1v) is 13.9. The number of rotatable bonds is 11. The van der Waals surface area contributed by atoms with Crippen molar-refractivity contribution in [2.24, 2.45) is 0 Å². The number of para-hydroxylation sites is 1. The van der Waals surface area contributed by atoms with Crippen LogP contribution in [-0.4, -0.2) is 50.9 Å². The van der Waals surface area contributed by atoms with Crippen molar-refractivity contribution in [2.75, 3.05) is 20.8 Å². The molecule has 9 nitrogen and oxygen atoms in total. The molecule has 0 saturated heterocycles. The first kappa shape index (κ1) is 26.9. The van der Waals surface area contributed by atoms with Crippen molar-refractivity contribution >= 4 is 10.9 Å². The van der Waals surface area contributed by atoms with Crippen LogP contribution in [0.15, 0.2) is 47.3 Å². The van der Waals surface area contributed by atoms with Gasteiger partial charge in [-0.2, -0.15) is 0 Å². The molecule has 0 spiro atoms.